The summed E-state index contributed by atoms with van der Waals surface area (Å²) >= 11 is 1.73. The minimum absolute atomic E-state index is 0.123. The van der Waals surface area contributed by atoms with Crippen LogP contribution in [0.15, 0.2) is 47.5 Å². The third kappa shape index (κ3) is 5.69. The van der Waals surface area contributed by atoms with Gasteiger partial charge in [-0.3, -0.25) is 14.8 Å². The van der Waals surface area contributed by atoms with E-state index in [1.54, 1.807) is 17.8 Å². The number of halogens is 1. The van der Waals surface area contributed by atoms with Crippen LogP contribution in [0.1, 0.15) is 11.3 Å². The fraction of sp³-hybridized carbons (Fsp3) is 0.385. The van der Waals surface area contributed by atoms with Gasteiger partial charge in [-0.1, -0.05) is 6.07 Å². The number of rotatable bonds is 7. The first-order valence-electron chi connectivity index (χ1n) is 11.9. The SMILES string of the molecule is Cc1n[nH]cc1-c1ccc(NC(=O)C2COc3ccc(F)cc3C2)c(SCCN2CCOCC2)c1. The zero-order valence-electron chi connectivity index (χ0n) is 19.7. The second-order valence-corrected chi connectivity index (χ2v) is 9.99. The summed E-state index contributed by atoms with van der Waals surface area (Å²) in [6.07, 6.45) is 2.34. The molecule has 3 heterocycles. The summed E-state index contributed by atoms with van der Waals surface area (Å²) in [4.78, 5) is 16.6. The van der Waals surface area contributed by atoms with Crippen molar-refractivity contribution < 1.29 is 18.7 Å². The number of ether oxygens (including phenoxy) is 2. The van der Waals surface area contributed by atoms with Crippen molar-refractivity contribution in [3.8, 4) is 16.9 Å². The number of nitrogens with one attached hydrogen (secondary N) is 2. The van der Waals surface area contributed by atoms with Gasteiger partial charge in [0.1, 0.15) is 18.2 Å². The molecule has 1 fully saturated rings. The van der Waals surface area contributed by atoms with Crippen molar-refractivity contribution in [3.05, 3.63) is 59.7 Å². The summed E-state index contributed by atoms with van der Waals surface area (Å²) in [5.74, 6) is 0.719. The molecule has 1 atom stereocenters. The zero-order chi connectivity index (χ0) is 24.2. The molecule has 2 N–H and O–H groups in total. The molecule has 2 aromatic carbocycles. The Kier molecular flexibility index (Phi) is 7.36. The molecule has 1 aromatic heterocycles. The summed E-state index contributed by atoms with van der Waals surface area (Å²) in [5.41, 5.74) is 4.52. The van der Waals surface area contributed by atoms with Crippen LogP contribution in [0.4, 0.5) is 10.1 Å². The first-order valence-corrected chi connectivity index (χ1v) is 12.8. The Balaban J connectivity index is 1.31. The maximum absolute atomic E-state index is 13.7. The van der Waals surface area contributed by atoms with Crippen molar-refractivity contribution in [2.75, 3.05) is 50.5 Å². The van der Waals surface area contributed by atoms with Gasteiger partial charge < -0.3 is 14.8 Å². The highest BCUT2D eigenvalue weighted by Crippen LogP contribution is 2.34. The molecule has 1 amide bonds. The molecule has 2 aliphatic rings. The molecule has 35 heavy (non-hydrogen) atoms. The fourth-order valence-corrected chi connectivity index (χ4v) is 5.49. The number of hydrogen-bond acceptors (Lipinski definition) is 6. The molecule has 5 rings (SSSR count). The maximum atomic E-state index is 13.7. The van der Waals surface area contributed by atoms with Gasteiger partial charge in [0.25, 0.3) is 0 Å². The van der Waals surface area contributed by atoms with E-state index >= 15 is 0 Å². The molecule has 9 heteroatoms. The predicted octanol–water partition coefficient (Wildman–Crippen LogP) is 4.14. The van der Waals surface area contributed by atoms with Gasteiger partial charge in [0.15, 0.2) is 0 Å². The lowest BCUT2D eigenvalue weighted by Crippen LogP contribution is -2.37. The van der Waals surface area contributed by atoms with Gasteiger partial charge in [-0.15, -0.1) is 11.8 Å². The summed E-state index contributed by atoms with van der Waals surface area (Å²) in [5, 5.41) is 10.3. The monoisotopic (exact) mass is 496 g/mol. The van der Waals surface area contributed by atoms with Crippen LogP contribution in [-0.4, -0.2) is 66.2 Å². The van der Waals surface area contributed by atoms with Gasteiger partial charge in [-0.2, -0.15) is 5.10 Å². The largest absolute Gasteiger partial charge is 0.492 e. The van der Waals surface area contributed by atoms with Gasteiger partial charge in [-0.25, -0.2) is 4.39 Å². The van der Waals surface area contributed by atoms with Crippen LogP contribution in [0.2, 0.25) is 0 Å². The van der Waals surface area contributed by atoms with Gasteiger partial charge in [0.2, 0.25) is 5.91 Å². The molecule has 0 radical (unpaired) electrons. The van der Waals surface area contributed by atoms with Crippen LogP contribution in [0.3, 0.4) is 0 Å². The van der Waals surface area contributed by atoms with Gasteiger partial charge >= 0.3 is 0 Å². The third-order valence-electron chi connectivity index (χ3n) is 6.45. The van der Waals surface area contributed by atoms with Crippen LogP contribution >= 0.6 is 11.8 Å². The maximum Gasteiger partial charge on any atom is 0.231 e. The standard InChI is InChI=1S/C26H29FN4O3S/c1-17-22(15-28-30-17)18-2-4-23(25(14-18)35-11-8-31-6-9-33-10-7-31)29-26(32)20-12-19-13-21(27)3-5-24(19)34-16-20/h2-5,13-15,20H,6-12,16H2,1H3,(H,28,30)(H,29,32). The van der Waals surface area contributed by atoms with Crippen LogP contribution in [0, 0.1) is 18.7 Å². The number of hydrogen-bond donors (Lipinski definition) is 2. The zero-order valence-corrected chi connectivity index (χ0v) is 20.5. The van der Waals surface area contributed by atoms with Crippen LogP contribution in [0.5, 0.6) is 5.75 Å². The molecule has 1 saturated heterocycles. The topological polar surface area (TPSA) is 79.5 Å². The number of amides is 1. The highest BCUT2D eigenvalue weighted by Gasteiger charge is 2.27. The summed E-state index contributed by atoms with van der Waals surface area (Å²) in [7, 11) is 0. The van der Waals surface area contributed by atoms with Crippen molar-refractivity contribution >= 4 is 23.4 Å². The molecule has 3 aromatic rings. The van der Waals surface area contributed by atoms with Crippen molar-refractivity contribution in [2.24, 2.45) is 5.92 Å². The average Bonchev–Trinajstić information content (AvgIpc) is 3.31. The van der Waals surface area contributed by atoms with E-state index in [0.29, 0.717) is 12.2 Å². The Labute approximate surface area is 208 Å². The van der Waals surface area contributed by atoms with E-state index in [9.17, 15) is 9.18 Å². The molecule has 184 valence electrons. The quantitative estimate of drug-likeness (QED) is 0.479. The number of fused-ring (bicyclic) bond motifs is 1. The Bertz CT molecular complexity index is 1200. The van der Waals surface area contributed by atoms with Gasteiger partial charge in [0.05, 0.1) is 30.5 Å². The fourth-order valence-electron chi connectivity index (χ4n) is 4.44. The number of thioether (sulfide) groups is 1. The van der Waals surface area contributed by atoms with Crippen molar-refractivity contribution in [1.82, 2.24) is 15.1 Å². The normalized spacial score (nSPS) is 18.1. The van der Waals surface area contributed by atoms with E-state index in [-0.39, 0.29) is 24.2 Å². The molecule has 2 aliphatic heterocycles. The molecule has 0 aliphatic carbocycles. The number of aryl methyl sites for hydroxylation is 1. The summed E-state index contributed by atoms with van der Waals surface area (Å²) < 4.78 is 24.9. The first-order chi connectivity index (χ1) is 17.1. The van der Waals surface area contributed by atoms with E-state index in [1.165, 1.54) is 12.1 Å². The number of nitrogens with zero attached hydrogens (tertiary/aromatic N) is 2. The minimum atomic E-state index is -0.383. The van der Waals surface area contributed by atoms with Crippen LogP contribution < -0.4 is 10.1 Å². The predicted molar refractivity (Wildman–Crippen MR) is 134 cm³/mol. The summed E-state index contributed by atoms with van der Waals surface area (Å²) in [6.45, 7) is 6.64. The molecule has 7 nitrogen and oxygen atoms in total. The second-order valence-electron chi connectivity index (χ2n) is 8.85. The van der Waals surface area contributed by atoms with E-state index < -0.39 is 0 Å². The van der Waals surface area contributed by atoms with Crippen molar-refractivity contribution in [3.63, 3.8) is 0 Å². The number of carbonyl (C=O) groups excluding carboxylic acids is 1. The molecule has 0 bridgehead atoms. The molecular weight excluding hydrogens is 467 g/mol. The van der Waals surface area contributed by atoms with E-state index in [4.69, 9.17) is 9.47 Å². The number of morpholine rings is 1. The molecule has 1 unspecified atom stereocenters. The number of carbonyl (C=O) groups is 1. The third-order valence-corrected chi connectivity index (χ3v) is 7.49. The van der Waals surface area contributed by atoms with Crippen molar-refractivity contribution in [2.45, 2.75) is 18.2 Å². The lowest BCUT2D eigenvalue weighted by Gasteiger charge is -2.26. The highest BCUT2D eigenvalue weighted by atomic mass is 32.2. The Morgan fingerprint density at radius 1 is 1.26 bits per heavy atom. The van der Waals surface area contributed by atoms with Gasteiger partial charge in [0, 0.05) is 42.0 Å². The number of H-pyrrole nitrogens is 1. The Morgan fingerprint density at radius 2 is 2.11 bits per heavy atom. The molecular formula is C26H29FN4O3S. The molecule has 0 saturated carbocycles. The second kappa shape index (κ2) is 10.8. The number of aromatic nitrogens is 2. The van der Waals surface area contributed by atoms with E-state index in [0.717, 1.165) is 71.6 Å². The van der Waals surface area contributed by atoms with Gasteiger partial charge in [-0.05, 0) is 54.8 Å². The lowest BCUT2D eigenvalue weighted by molar-refractivity contribution is -0.121. The van der Waals surface area contributed by atoms with E-state index in [1.807, 2.05) is 25.3 Å². The number of anilines is 1. The smallest absolute Gasteiger partial charge is 0.231 e. The highest BCUT2D eigenvalue weighted by molar-refractivity contribution is 7.99. The van der Waals surface area contributed by atoms with Crippen LogP contribution in [0.25, 0.3) is 11.1 Å². The Hall–Kier alpha value is -2.88. The minimum Gasteiger partial charge on any atom is -0.492 e. The number of benzene rings is 2. The Morgan fingerprint density at radius 3 is 2.91 bits per heavy atom. The van der Waals surface area contributed by atoms with Crippen LogP contribution in [-0.2, 0) is 16.0 Å². The average molecular weight is 497 g/mol. The van der Waals surface area contributed by atoms with Crippen molar-refractivity contribution in [1.29, 1.82) is 0 Å². The number of aromatic amines is 1. The molecule has 0 spiro atoms. The summed E-state index contributed by atoms with van der Waals surface area (Å²) in [6, 6.07) is 10.5. The first kappa shape index (κ1) is 23.8. The van der Waals surface area contributed by atoms with E-state index in [2.05, 4.69) is 26.5 Å². The lowest BCUT2D eigenvalue weighted by atomic mass is 9.95.